The number of aromatic nitrogens is 2. The molecular weight excluding hydrogens is 522 g/mol. The van der Waals surface area contributed by atoms with Gasteiger partial charge in [0.1, 0.15) is 11.0 Å². The summed E-state index contributed by atoms with van der Waals surface area (Å²) in [6, 6.07) is 22.2. The lowest BCUT2D eigenvalue weighted by Gasteiger charge is -2.38. The minimum Gasteiger partial charge on any atom is -0.436 e. The summed E-state index contributed by atoms with van der Waals surface area (Å²) in [6.07, 6.45) is -11.5. The number of hydrogen-bond acceptors (Lipinski definition) is 4. The van der Waals surface area contributed by atoms with Crippen LogP contribution in [0.1, 0.15) is 11.1 Å². The Balaban J connectivity index is 1.56. The summed E-state index contributed by atoms with van der Waals surface area (Å²) in [5.41, 5.74) is -5.59. The van der Waals surface area contributed by atoms with Gasteiger partial charge in [-0.05, 0) is 59.7 Å². The van der Waals surface area contributed by atoms with E-state index in [9.17, 15) is 26.3 Å². The van der Waals surface area contributed by atoms with Gasteiger partial charge < -0.3 is 8.83 Å². The summed E-state index contributed by atoms with van der Waals surface area (Å²) in [4.78, 5) is 8.35. The van der Waals surface area contributed by atoms with Gasteiger partial charge >= 0.3 is 12.4 Å². The second kappa shape index (κ2) is 8.72. The molecule has 39 heavy (non-hydrogen) atoms. The summed E-state index contributed by atoms with van der Waals surface area (Å²) < 4.78 is 99.9. The highest BCUT2D eigenvalue weighted by Gasteiger charge is 2.72. The van der Waals surface area contributed by atoms with Crippen LogP contribution in [-0.4, -0.2) is 22.3 Å². The maximum absolute atomic E-state index is 14.8. The van der Waals surface area contributed by atoms with Crippen molar-refractivity contribution in [3.05, 3.63) is 108 Å². The molecule has 6 rings (SSSR count). The van der Waals surface area contributed by atoms with E-state index in [4.69, 9.17) is 8.83 Å². The first-order valence-corrected chi connectivity index (χ1v) is 11.6. The summed E-state index contributed by atoms with van der Waals surface area (Å²) in [7, 11) is 0. The SMILES string of the molecule is FC(F)(F)C(c1ccc2oc(-c3ccccc3)nc2c1)(c1ccc2oc(-c3ccccc3)nc2c1)C(F)(F)F. The molecule has 0 aliphatic heterocycles. The first-order valence-electron chi connectivity index (χ1n) is 11.6. The van der Waals surface area contributed by atoms with Gasteiger partial charge in [0.25, 0.3) is 0 Å². The third kappa shape index (κ3) is 3.94. The Kier molecular flexibility index (Phi) is 5.53. The van der Waals surface area contributed by atoms with Gasteiger partial charge in [-0.3, -0.25) is 0 Å². The second-order valence-electron chi connectivity index (χ2n) is 8.88. The molecule has 196 valence electrons. The van der Waals surface area contributed by atoms with E-state index in [0.29, 0.717) is 11.1 Å². The highest BCUT2D eigenvalue weighted by molar-refractivity contribution is 5.80. The average molecular weight is 538 g/mol. The van der Waals surface area contributed by atoms with Crippen LogP contribution < -0.4 is 0 Å². The number of rotatable bonds is 4. The number of benzene rings is 4. The van der Waals surface area contributed by atoms with Crippen molar-refractivity contribution in [2.75, 3.05) is 0 Å². The first kappa shape index (κ1) is 24.7. The molecule has 0 saturated carbocycles. The largest absolute Gasteiger partial charge is 0.436 e. The van der Waals surface area contributed by atoms with Gasteiger partial charge in [-0.2, -0.15) is 26.3 Å². The zero-order chi connectivity index (χ0) is 27.4. The van der Waals surface area contributed by atoms with Gasteiger partial charge in [0.2, 0.25) is 17.2 Å². The highest BCUT2D eigenvalue weighted by atomic mass is 19.4. The van der Waals surface area contributed by atoms with Gasteiger partial charge in [0, 0.05) is 11.1 Å². The van der Waals surface area contributed by atoms with E-state index >= 15 is 0 Å². The summed E-state index contributed by atoms with van der Waals surface area (Å²) in [6.45, 7) is 0. The van der Waals surface area contributed by atoms with Crippen LogP contribution >= 0.6 is 0 Å². The van der Waals surface area contributed by atoms with Gasteiger partial charge in [-0.15, -0.1) is 0 Å². The molecule has 2 heterocycles. The third-order valence-electron chi connectivity index (χ3n) is 6.53. The Morgan fingerprint density at radius 1 is 0.487 bits per heavy atom. The number of fused-ring (bicyclic) bond motifs is 2. The lowest BCUT2D eigenvalue weighted by Crippen LogP contribution is -2.54. The van der Waals surface area contributed by atoms with Crippen LogP contribution in [0.15, 0.2) is 106 Å². The van der Waals surface area contributed by atoms with Crippen LogP contribution in [0.5, 0.6) is 0 Å². The fourth-order valence-electron chi connectivity index (χ4n) is 4.71. The smallest absolute Gasteiger partial charge is 0.411 e. The maximum atomic E-state index is 14.8. The Labute approximate surface area is 216 Å². The van der Waals surface area contributed by atoms with Crippen molar-refractivity contribution in [2.24, 2.45) is 0 Å². The quantitative estimate of drug-likeness (QED) is 0.211. The van der Waals surface area contributed by atoms with Crippen LogP contribution in [0.2, 0.25) is 0 Å². The minimum absolute atomic E-state index is 0.0512. The van der Waals surface area contributed by atoms with Crippen LogP contribution in [0.4, 0.5) is 26.3 Å². The molecule has 0 amide bonds. The molecule has 2 aromatic heterocycles. The zero-order valence-corrected chi connectivity index (χ0v) is 19.7. The van der Waals surface area contributed by atoms with Gasteiger partial charge in [0.05, 0.1) is 0 Å². The Morgan fingerprint density at radius 2 is 0.872 bits per heavy atom. The lowest BCUT2D eigenvalue weighted by atomic mass is 9.72. The van der Waals surface area contributed by atoms with E-state index in [-0.39, 0.29) is 34.0 Å². The van der Waals surface area contributed by atoms with Crippen molar-refractivity contribution in [1.82, 2.24) is 9.97 Å². The predicted octanol–water partition coefficient (Wildman–Crippen LogP) is 8.71. The Bertz CT molecular complexity index is 1650. The van der Waals surface area contributed by atoms with Crippen molar-refractivity contribution >= 4 is 22.2 Å². The molecule has 0 aliphatic rings. The fourth-order valence-corrected chi connectivity index (χ4v) is 4.71. The third-order valence-corrected chi connectivity index (χ3v) is 6.53. The van der Waals surface area contributed by atoms with Crippen LogP contribution in [0, 0.1) is 0 Å². The van der Waals surface area contributed by atoms with Crippen molar-refractivity contribution in [3.63, 3.8) is 0 Å². The zero-order valence-electron chi connectivity index (χ0n) is 19.7. The predicted molar refractivity (Wildman–Crippen MR) is 132 cm³/mol. The molecule has 4 nitrogen and oxygen atoms in total. The highest BCUT2D eigenvalue weighted by Crippen LogP contribution is 2.56. The lowest BCUT2D eigenvalue weighted by molar-refractivity contribution is -0.288. The number of nitrogens with zero attached hydrogens (tertiary/aromatic N) is 2. The molecule has 0 atom stereocenters. The number of hydrogen-bond donors (Lipinski definition) is 0. The Hall–Kier alpha value is -4.60. The van der Waals surface area contributed by atoms with E-state index in [0.717, 1.165) is 36.4 Å². The van der Waals surface area contributed by atoms with Crippen LogP contribution in [-0.2, 0) is 5.41 Å². The number of oxazole rings is 2. The molecule has 10 heteroatoms. The monoisotopic (exact) mass is 538 g/mol. The van der Waals surface area contributed by atoms with Crippen LogP contribution in [0.3, 0.4) is 0 Å². The molecule has 6 aromatic rings. The van der Waals surface area contributed by atoms with Gasteiger partial charge in [-0.25, -0.2) is 9.97 Å². The number of halogens is 6. The van der Waals surface area contributed by atoms with Crippen molar-refractivity contribution in [3.8, 4) is 22.9 Å². The van der Waals surface area contributed by atoms with E-state index in [1.54, 1.807) is 60.7 Å². The molecule has 0 saturated heterocycles. The molecule has 0 radical (unpaired) electrons. The van der Waals surface area contributed by atoms with Gasteiger partial charge in [0.15, 0.2) is 11.2 Å². The van der Waals surface area contributed by atoms with E-state index in [2.05, 4.69) is 9.97 Å². The molecular formula is C29H16F6N2O2. The molecule has 4 aromatic carbocycles. The van der Waals surface area contributed by atoms with Gasteiger partial charge in [-0.1, -0.05) is 48.5 Å². The van der Waals surface area contributed by atoms with Crippen molar-refractivity contribution in [1.29, 1.82) is 0 Å². The minimum atomic E-state index is -5.77. The summed E-state index contributed by atoms with van der Waals surface area (Å²) >= 11 is 0. The Morgan fingerprint density at radius 3 is 1.23 bits per heavy atom. The van der Waals surface area contributed by atoms with E-state index < -0.39 is 28.9 Å². The normalized spacial score (nSPS) is 12.9. The molecule has 0 N–H and O–H groups in total. The second-order valence-corrected chi connectivity index (χ2v) is 8.88. The van der Waals surface area contributed by atoms with E-state index in [1.165, 1.54) is 0 Å². The van der Waals surface area contributed by atoms with E-state index in [1.807, 2.05) is 0 Å². The topological polar surface area (TPSA) is 52.1 Å². The molecule has 0 fully saturated rings. The molecule has 0 bridgehead atoms. The van der Waals surface area contributed by atoms with Crippen molar-refractivity contribution < 1.29 is 35.2 Å². The summed E-state index contributed by atoms with van der Waals surface area (Å²) in [5.74, 6) is 0.148. The fraction of sp³-hybridized carbons (Fsp3) is 0.103. The van der Waals surface area contributed by atoms with Crippen molar-refractivity contribution in [2.45, 2.75) is 17.8 Å². The maximum Gasteiger partial charge on any atom is 0.411 e. The molecule has 0 aliphatic carbocycles. The average Bonchev–Trinajstić information content (AvgIpc) is 3.52. The number of alkyl halides is 6. The first-order chi connectivity index (χ1) is 18.6. The van der Waals surface area contributed by atoms with Crippen LogP contribution in [0.25, 0.3) is 45.1 Å². The summed E-state index contributed by atoms with van der Waals surface area (Å²) in [5, 5.41) is 0. The molecule has 0 spiro atoms. The standard InChI is InChI=1S/C29H16F6N2O2/c30-28(31,32)27(29(33,34)35,19-11-13-23-21(15-19)36-25(38-23)17-7-3-1-4-8-17)20-12-14-24-22(16-20)37-26(39-24)18-9-5-2-6-10-18/h1-16H. The molecule has 0 unspecified atom stereocenters.